The number of hydrogen-bond acceptors (Lipinski definition) is 14. The third-order valence-electron chi connectivity index (χ3n) is 7.18. The van der Waals surface area contributed by atoms with Crippen molar-refractivity contribution in [3.8, 4) is 28.4 Å². The van der Waals surface area contributed by atoms with Crippen LogP contribution in [0.25, 0.3) is 22.1 Å². The largest absolute Gasteiger partial charge is 0.508 e. The molecule has 2 aromatic carbocycles. The monoisotopic (exact) mass is 578 g/mol. The van der Waals surface area contributed by atoms with Gasteiger partial charge in [-0.15, -0.1) is 0 Å². The number of fused-ring (bicyclic) bond motifs is 1. The third kappa shape index (κ3) is 5.49. The van der Waals surface area contributed by atoms with Crippen molar-refractivity contribution >= 4 is 11.0 Å². The Kier molecular flexibility index (Phi) is 8.20. The van der Waals surface area contributed by atoms with Crippen molar-refractivity contribution in [2.75, 3.05) is 6.61 Å². The maximum atomic E-state index is 13.0. The molecule has 2 fully saturated rings. The molecule has 0 radical (unpaired) electrons. The number of aliphatic hydroxyl groups is 6. The Labute approximate surface area is 231 Å². The second kappa shape index (κ2) is 11.5. The summed E-state index contributed by atoms with van der Waals surface area (Å²) in [6, 6.07) is 8.14. The number of phenolic OH excluding ortho intramolecular Hbond substituents is 2. The molecule has 0 spiro atoms. The van der Waals surface area contributed by atoms with Gasteiger partial charge in [0.2, 0.25) is 11.7 Å². The van der Waals surface area contributed by atoms with E-state index in [1.54, 1.807) is 0 Å². The Morgan fingerprint density at radius 1 is 0.854 bits per heavy atom. The van der Waals surface area contributed by atoms with Gasteiger partial charge in [0, 0.05) is 12.1 Å². The molecule has 0 saturated carbocycles. The quantitative estimate of drug-likeness (QED) is 0.174. The van der Waals surface area contributed by atoms with E-state index in [4.69, 9.17) is 23.4 Å². The van der Waals surface area contributed by atoms with Gasteiger partial charge in [0.05, 0.1) is 18.3 Å². The fourth-order valence-corrected chi connectivity index (χ4v) is 4.84. The lowest BCUT2D eigenvalue weighted by Gasteiger charge is -2.45. The highest BCUT2D eigenvalue weighted by Crippen LogP contribution is 2.32. The number of benzene rings is 2. The van der Waals surface area contributed by atoms with Crippen LogP contribution >= 0.6 is 0 Å². The van der Waals surface area contributed by atoms with Crippen LogP contribution < -0.4 is 10.2 Å². The van der Waals surface area contributed by atoms with Gasteiger partial charge < -0.3 is 64.2 Å². The highest BCUT2D eigenvalue weighted by Gasteiger charge is 2.50. The number of ether oxygens (including phenoxy) is 4. The van der Waals surface area contributed by atoms with Crippen LogP contribution in [0.2, 0.25) is 0 Å². The minimum atomic E-state index is -1.71. The zero-order chi connectivity index (χ0) is 29.6. The molecule has 41 heavy (non-hydrogen) atoms. The second-order valence-corrected chi connectivity index (χ2v) is 9.95. The molecule has 0 amide bonds. The molecule has 8 N–H and O–H groups in total. The Morgan fingerprint density at radius 3 is 2.24 bits per heavy atom. The van der Waals surface area contributed by atoms with Gasteiger partial charge in [0.25, 0.3) is 0 Å². The van der Waals surface area contributed by atoms with Gasteiger partial charge in [-0.3, -0.25) is 4.79 Å². The van der Waals surface area contributed by atoms with Gasteiger partial charge in [-0.05, 0) is 24.6 Å². The van der Waals surface area contributed by atoms with Gasteiger partial charge in [0.1, 0.15) is 71.1 Å². The molecule has 2 saturated heterocycles. The Balaban J connectivity index is 1.39. The average molecular weight is 579 g/mol. The molecular formula is C27H30O14. The first-order valence-electron chi connectivity index (χ1n) is 12.7. The smallest absolute Gasteiger partial charge is 0.229 e. The number of phenols is 2. The standard InChI is InChI=1S/C27H30O14/c1-10-19(31)22(34)24(36)26(38-10)41-25-23(35)21(33)17(8-28)40-27(25)39-13-4-2-11(3-5-13)14-9-37-16-7-12(29)6-15(30)18(16)20(14)32/h2-7,9-10,17,19,21-31,33-36H,8H2,1H3/t10-,17-,19-,21-,22+,23+,24-,25-,26+,27-/m1/s1. The first-order chi connectivity index (χ1) is 19.5. The van der Waals surface area contributed by atoms with E-state index in [0.29, 0.717) is 5.56 Å². The van der Waals surface area contributed by atoms with Crippen molar-refractivity contribution in [2.45, 2.75) is 68.3 Å². The predicted octanol–water partition coefficient (Wildman–Crippen LogP) is -1.10. The molecule has 3 heterocycles. The summed E-state index contributed by atoms with van der Waals surface area (Å²) in [5.74, 6) is -0.563. The summed E-state index contributed by atoms with van der Waals surface area (Å²) in [4.78, 5) is 13.0. The van der Waals surface area contributed by atoms with Crippen LogP contribution in [-0.2, 0) is 14.2 Å². The maximum Gasteiger partial charge on any atom is 0.229 e. The zero-order valence-electron chi connectivity index (χ0n) is 21.5. The molecule has 0 aliphatic carbocycles. The summed E-state index contributed by atoms with van der Waals surface area (Å²) in [6.45, 7) is 0.772. The molecular weight excluding hydrogens is 548 g/mol. The molecule has 5 rings (SSSR count). The van der Waals surface area contributed by atoms with E-state index in [1.165, 1.54) is 43.5 Å². The number of hydrogen-bond donors (Lipinski definition) is 8. The number of aromatic hydroxyl groups is 2. The van der Waals surface area contributed by atoms with Crippen LogP contribution in [0, 0.1) is 0 Å². The highest BCUT2D eigenvalue weighted by molar-refractivity contribution is 5.88. The summed E-state index contributed by atoms with van der Waals surface area (Å²) in [5.41, 5.74) is -0.0459. The molecule has 3 aromatic rings. The van der Waals surface area contributed by atoms with Crippen LogP contribution in [0.4, 0.5) is 0 Å². The van der Waals surface area contributed by atoms with Gasteiger partial charge in [-0.25, -0.2) is 0 Å². The summed E-state index contributed by atoms with van der Waals surface area (Å²) in [6.07, 6.45) is -13.5. The van der Waals surface area contributed by atoms with Crippen LogP contribution in [0.5, 0.6) is 17.2 Å². The van der Waals surface area contributed by atoms with Crippen LogP contribution in [0.3, 0.4) is 0 Å². The molecule has 0 bridgehead atoms. The normalized spacial score (nSPS) is 34.0. The lowest BCUT2D eigenvalue weighted by Crippen LogP contribution is -2.64. The van der Waals surface area contributed by atoms with Crippen molar-refractivity contribution in [2.24, 2.45) is 0 Å². The van der Waals surface area contributed by atoms with Crippen molar-refractivity contribution in [3.63, 3.8) is 0 Å². The van der Waals surface area contributed by atoms with E-state index in [-0.39, 0.29) is 28.0 Å². The minimum absolute atomic E-state index is 0.000592. The first-order valence-corrected chi connectivity index (χ1v) is 12.7. The van der Waals surface area contributed by atoms with Gasteiger partial charge in [-0.1, -0.05) is 12.1 Å². The van der Waals surface area contributed by atoms with E-state index in [0.717, 1.165) is 6.07 Å². The van der Waals surface area contributed by atoms with Crippen molar-refractivity contribution < 1.29 is 64.2 Å². The lowest BCUT2D eigenvalue weighted by atomic mass is 9.97. The highest BCUT2D eigenvalue weighted by atomic mass is 16.8. The van der Waals surface area contributed by atoms with E-state index in [9.17, 15) is 45.6 Å². The van der Waals surface area contributed by atoms with Gasteiger partial charge >= 0.3 is 0 Å². The number of aliphatic hydroxyl groups excluding tert-OH is 6. The Hall–Kier alpha value is -3.31. The average Bonchev–Trinajstić information content (AvgIpc) is 2.94. The van der Waals surface area contributed by atoms with E-state index in [2.05, 4.69) is 0 Å². The van der Waals surface area contributed by atoms with Gasteiger partial charge in [0.15, 0.2) is 12.4 Å². The first kappa shape index (κ1) is 29.2. The van der Waals surface area contributed by atoms with Crippen LogP contribution in [0.15, 0.2) is 51.9 Å². The van der Waals surface area contributed by atoms with Crippen molar-refractivity contribution in [3.05, 3.63) is 52.9 Å². The number of rotatable bonds is 6. The summed E-state index contributed by atoms with van der Waals surface area (Å²) >= 11 is 0. The second-order valence-electron chi connectivity index (χ2n) is 9.95. The summed E-state index contributed by atoms with van der Waals surface area (Å²) < 4.78 is 28.0. The predicted molar refractivity (Wildman–Crippen MR) is 137 cm³/mol. The molecule has 2 aliphatic heterocycles. The summed E-state index contributed by atoms with van der Waals surface area (Å²) in [5, 5.41) is 80.9. The molecule has 0 unspecified atom stereocenters. The third-order valence-corrected chi connectivity index (χ3v) is 7.18. The summed E-state index contributed by atoms with van der Waals surface area (Å²) in [7, 11) is 0. The van der Waals surface area contributed by atoms with E-state index >= 15 is 0 Å². The Bertz CT molecular complexity index is 1420. The molecule has 222 valence electrons. The molecule has 1 aromatic heterocycles. The maximum absolute atomic E-state index is 13.0. The molecule has 10 atom stereocenters. The van der Waals surface area contributed by atoms with E-state index < -0.39 is 79.2 Å². The Morgan fingerprint density at radius 2 is 1.56 bits per heavy atom. The fraction of sp³-hybridized carbons (Fsp3) is 0.444. The lowest BCUT2D eigenvalue weighted by molar-refractivity contribution is -0.354. The molecule has 2 aliphatic rings. The minimum Gasteiger partial charge on any atom is -0.508 e. The van der Waals surface area contributed by atoms with Crippen molar-refractivity contribution in [1.29, 1.82) is 0 Å². The fourth-order valence-electron chi connectivity index (χ4n) is 4.84. The van der Waals surface area contributed by atoms with Gasteiger partial charge in [-0.2, -0.15) is 0 Å². The van der Waals surface area contributed by atoms with Crippen molar-refractivity contribution in [1.82, 2.24) is 0 Å². The van der Waals surface area contributed by atoms with Crippen LogP contribution in [0.1, 0.15) is 6.92 Å². The topological polar surface area (TPSA) is 229 Å². The molecule has 14 nitrogen and oxygen atoms in total. The van der Waals surface area contributed by atoms with E-state index in [1.807, 2.05) is 0 Å². The SMILES string of the molecule is C[C@H]1O[C@@H](O[C@H]2[C@H](Oc3ccc(-c4coc5cc(O)cc(O)c5c4=O)cc3)O[C@H](CO)[C@@H](O)[C@@H]2O)[C@H](O)[C@@H](O)[C@@H]1O. The van der Waals surface area contributed by atoms with Crippen LogP contribution in [-0.4, -0.2) is 109 Å². The zero-order valence-corrected chi connectivity index (χ0v) is 21.5. The molecule has 14 heteroatoms.